The number of amides is 1. The molecular weight excluding hydrogens is 250 g/mol. The van der Waals surface area contributed by atoms with Crippen LogP contribution in [0.3, 0.4) is 0 Å². The second-order valence-electron chi connectivity index (χ2n) is 4.66. The lowest BCUT2D eigenvalue weighted by atomic mass is 10.2. The largest absolute Gasteiger partial charge is 0.449 e. The maximum atomic E-state index is 11.9. The van der Waals surface area contributed by atoms with E-state index < -0.39 is 0 Å². The molecule has 4 nitrogen and oxygen atoms in total. The highest BCUT2D eigenvalue weighted by Gasteiger charge is 2.26. The molecule has 1 amide bonds. The smallest absolute Gasteiger partial charge is 0.409 e. The number of carbonyl (C=O) groups is 1. The van der Waals surface area contributed by atoms with Crippen LogP contribution in [0.5, 0.6) is 0 Å². The molecule has 5 heteroatoms. The Balaban J connectivity index is 1.74. The minimum atomic E-state index is -0.229. The normalized spacial score (nSPS) is 24.0. The fraction of sp³-hybridized carbons (Fsp3) is 0.615. The molecule has 0 bridgehead atoms. The van der Waals surface area contributed by atoms with Gasteiger partial charge in [-0.15, -0.1) is 0 Å². The Labute approximate surface area is 111 Å². The summed E-state index contributed by atoms with van der Waals surface area (Å²) in [5.41, 5.74) is 1.22. The molecule has 0 N–H and O–H groups in total. The summed E-state index contributed by atoms with van der Waals surface area (Å²) in [5, 5.41) is 4.11. The van der Waals surface area contributed by atoms with Crippen molar-refractivity contribution < 1.29 is 14.3 Å². The maximum Gasteiger partial charge on any atom is 0.409 e. The van der Waals surface area contributed by atoms with Gasteiger partial charge < -0.3 is 14.4 Å². The van der Waals surface area contributed by atoms with Gasteiger partial charge in [-0.1, -0.05) is 0 Å². The van der Waals surface area contributed by atoms with E-state index in [1.54, 1.807) is 16.2 Å². The van der Waals surface area contributed by atoms with Crippen molar-refractivity contribution in [1.29, 1.82) is 0 Å². The van der Waals surface area contributed by atoms with Crippen LogP contribution >= 0.6 is 11.3 Å². The molecule has 100 valence electrons. The molecule has 0 aliphatic carbocycles. The molecular formula is C13H19NO3S. The monoisotopic (exact) mass is 269 g/mol. The highest BCUT2D eigenvalue weighted by atomic mass is 32.1. The van der Waals surface area contributed by atoms with Crippen molar-refractivity contribution in [3.05, 3.63) is 22.4 Å². The van der Waals surface area contributed by atoms with E-state index in [0.717, 1.165) is 6.42 Å². The quantitative estimate of drug-likeness (QED) is 0.846. The van der Waals surface area contributed by atoms with Crippen molar-refractivity contribution in [1.82, 2.24) is 4.90 Å². The molecule has 0 radical (unpaired) electrons. The van der Waals surface area contributed by atoms with Crippen LogP contribution in [0, 0.1) is 0 Å². The van der Waals surface area contributed by atoms with Crippen LogP contribution in [0.25, 0.3) is 0 Å². The summed E-state index contributed by atoms with van der Waals surface area (Å²) in [6.45, 7) is 5.61. The Kier molecular flexibility index (Phi) is 4.60. The van der Waals surface area contributed by atoms with E-state index in [1.165, 1.54) is 5.56 Å². The second kappa shape index (κ2) is 6.20. The van der Waals surface area contributed by atoms with Gasteiger partial charge in [0.1, 0.15) is 0 Å². The molecule has 0 aromatic carbocycles. The van der Waals surface area contributed by atoms with Gasteiger partial charge >= 0.3 is 6.09 Å². The summed E-state index contributed by atoms with van der Waals surface area (Å²) in [7, 11) is 0. The Morgan fingerprint density at radius 3 is 2.83 bits per heavy atom. The van der Waals surface area contributed by atoms with E-state index in [0.29, 0.717) is 19.7 Å². The van der Waals surface area contributed by atoms with E-state index in [4.69, 9.17) is 9.47 Å². The third-order valence-electron chi connectivity index (χ3n) is 2.87. The molecule has 1 aromatic heterocycles. The summed E-state index contributed by atoms with van der Waals surface area (Å²) >= 11 is 1.66. The number of thiophene rings is 1. The topological polar surface area (TPSA) is 38.8 Å². The maximum absolute atomic E-state index is 11.9. The molecule has 1 aliphatic heterocycles. The first-order valence-corrected chi connectivity index (χ1v) is 7.17. The van der Waals surface area contributed by atoms with Crippen LogP contribution < -0.4 is 0 Å². The predicted molar refractivity (Wildman–Crippen MR) is 71.0 cm³/mol. The van der Waals surface area contributed by atoms with E-state index in [2.05, 4.69) is 11.4 Å². The van der Waals surface area contributed by atoms with Crippen molar-refractivity contribution in [2.45, 2.75) is 32.5 Å². The number of ether oxygens (including phenoxy) is 2. The number of rotatable bonds is 3. The zero-order valence-corrected chi connectivity index (χ0v) is 11.6. The van der Waals surface area contributed by atoms with Gasteiger partial charge in [-0.05, 0) is 36.2 Å². The molecule has 0 unspecified atom stereocenters. The molecule has 18 heavy (non-hydrogen) atoms. The van der Waals surface area contributed by atoms with Crippen LogP contribution in [0.15, 0.2) is 16.8 Å². The zero-order valence-electron chi connectivity index (χ0n) is 10.8. The van der Waals surface area contributed by atoms with Crippen LogP contribution in [0.2, 0.25) is 0 Å². The Morgan fingerprint density at radius 2 is 2.22 bits per heavy atom. The Morgan fingerprint density at radius 1 is 1.50 bits per heavy atom. The molecule has 1 fully saturated rings. The zero-order chi connectivity index (χ0) is 13.0. The second-order valence-corrected chi connectivity index (χ2v) is 5.44. The summed E-state index contributed by atoms with van der Waals surface area (Å²) in [5.74, 6) is 0. The SMILES string of the molecule is C[C@@H]1CN(C(=O)OCCc2ccsc2)C[C@H](C)O1. The third kappa shape index (κ3) is 3.71. The van der Waals surface area contributed by atoms with Gasteiger partial charge in [0.05, 0.1) is 31.9 Å². The van der Waals surface area contributed by atoms with E-state index in [-0.39, 0.29) is 18.3 Å². The van der Waals surface area contributed by atoms with Crippen molar-refractivity contribution in [2.24, 2.45) is 0 Å². The van der Waals surface area contributed by atoms with Gasteiger partial charge in [0, 0.05) is 6.42 Å². The summed E-state index contributed by atoms with van der Waals surface area (Å²) < 4.78 is 10.9. The molecule has 2 heterocycles. The molecule has 1 aliphatic rings. The highest BCUT2D eigenvalue weighted by molar-refractivity contribution is 7.07. The lowest BCUT2D eigenvalue weighted by molar-refractivity contribution is -0.0636. The van der Waals surface area contributed by atoms with Gasteiger partial charge in [0.15, 0.2) is 0 Å². The fourth-order valence-electron chi connectivity index (χ4n) is 2.11. The average Bonchev–Trinajstić information content (AvgIpc) is 2.80. The van der Waals surface area contributed by atoms with E-state index in [9.17, 15) is 4.79 Å². The van der Waals surface area contributed by atoms with Gasteiger partial charge in [-0.3, -0.25) is 0 Å². The van der Waals surface area contributed by atoms with Crippen molar-refractivity contribution in [3.63, 3.8) is 0 Å². The summed E-state index contributed by atoms with van der Waals surface area (Å²) in [6.07, 6.45) is 0.716. The molecule has 0 saturated carbocycles. The van der Waals surface area contributed by atoms with Crippen LogP contribution in [-0.4, -0.2) is 42.9 Å². The average molecular weight is 269 g/mol. The van der Waals surface area contributed by atoms with Gasteiger partial charge in [-0.25, -0.2) is 4.79 Å². The predicted octanol–water partition coefficient (Wildman–Crippen LogP) is 2.54. The lowest BCUT2D eigenvalue weighted by Crippen LogP contribution is -2.48. The Hall–Kier alpha value is -1.07. The Bertz CT molecular complexity index is 370. The fourth-order valence-corrected chi connectivity index (χ4v) is 2.81. The minimum Gasteiger partial charge on any atom is -0.449 e. The van der Waals surface area contributed by atoms with Gasteiger partial charge in [0.25, 0.3) is 0 Å². The molecule has 1 aromatic rings. The number of nitrogens with zero attached hydrogens (tertiary/aromatic N) is 1. The van der Waals surface area contributed by atoms with E-state index >= 15 is 0 Å². The van der Waals surface area contributed by atoms with Crippen molar-refractivity contribution in [2.75, 3.05) is 19.7 Å². The molecule has 2 atom stereocenters. The highest BCUT2D eigenvalue weighted by Crippen LogP contribution is 2.12. The number of morpholine rings is 1. The number of hydrogen-bond donors (Lipinski definition) is 0. The van der Waals surface area contributed by atoms with Gasteiger partial charge in [0.2, 0.25) is 0 Å². The summed E-state index contributed by atoms with van der Waals surface area (Å²) in [6, 6.07) is 2.05. The summed E-state index contributed by atoms with van der Waals surface area (Å²) in [4.78, 5) is 13.6. The van der Waals surface area contributed by atoms with E-state index in [1.807, 2.05) is 19.2 Å². The van der Waals surface area contributed by atoms with Crippen LogP contribution in [0.4, 0.5) is 4.79 Å². The van der Waals surface area contributed by atoms with Crippen LogP contribution in [-0.2, 0) is 15.9 Å². The van der Waals surface area contributed by atoms with Crippen molar-refractivity contribution >= 4 is 17.4 Å². The number of carbonyl (C=O) groups excluding carboxylic acids is 1. The minimum absolute atomic E-state index is 0.0816. The lowest BCUT2D eigenvalue weighted by Gasteiger charge is -2.34. The molecule has 1 saturated heterocycles. The standard InChI is InChI=1S/C13H19NO3S/c1-10-7-14(8-11(2)17-10)13(15)16-5-3-12-4-6-18-9-12/h4,6,9-11H,3,5,7-8H2,1-2H3/t10-,11+. The first kappa shape index (κ1) is 13.4. The molecule has 0 spiro atoms. The molecule has 2 rings (SSSR count). The van der Waals surface area contributed by atoms with Gasteiger partial charge in [-0.2, -0.15) is 11.3 Å². The first-order valence-electron chi connectivity index (χ1n) is 6.23. The number of hydrogen-bond acceptors (Lipinski definition) is 4. The third-order valence-corrected chi connectivity index (χ3v) is 3.61. The first-order chi connectivity index (χ1) is 8.65. The van der Waals surface area contributed by atoms with Crippen molar-refractivity contribution in [3.8, 4) is 0 Å². The van der Waals surface area contributed by atoms with Crippen LogP contribution in [0.1, 0.15) is 19.4 Å².